The van der Waals surface area contributed by atoms with Crippen LogP contribution in [0.3, 0.4) is 0 Å². The molecule has 0 fully saturated rings. The monoisotopic (exact) mass is 269 g/mol. The largest absolute Gasteiger partial charge is 0.478 e. The molecule has 7 heteroatoms. The van der Waals surface area contributed by atoms with Gasteiger partial charge in [-0.3, -0.25) is 0 Å². The first-order chi connectivity index (χ1) is 8.06. The molecule has 0 aliphatic rings. The number of carboxylic acid groups (broad SMARTS) is 1. The smallest absolute Gasteiger partial charge is 0.337 e. The fraction of sp³-hybridized carbons (Fsp3) is 0.100. The maximum Gasteiger partial charge on any atom is 0.337 e. The normalized spacial score (nSPS) is 10.2. The summed E-state index contributed by atoms with van der Waals surface area (Å²) in [4.78, 5) is 11.0. The first-order valence-electron chi connectivity index (χ1n) is 4.66. The van der Waals surface area contributed by atoms with Crippen molar-refractivity contribution in [3.8, 4) is 0 Å². The lowest BCUT2D eigenvalue weighted by Crippen LogP contribution is -2.02. The Morgan fingerprint density at radius 3 is 2.82 bits per heavy atom. The SMILES string of the molecule is Cc1nnc(Nc2ccc(Cl)cc2C(=O)O)s1. The molecule has 0 atom stereocenters. The molecular weight excluding hydrogens is 262 g/mol. The Labute approximate surface area is 106 Å². The van der Waals surface area contributed by atoms with Crippen molar-refractivity contribution >= 4 is 39.7 Å². The van der Waals surface area contributed by atoms with Crippen LogP contribution in [-0.2, 0) is 0 Å². The van der Waals surface area contributed by atoms with E-state index in [9.17, 15) is 4.79 Å². The summed E-state index contributed by atoms with van der Waals surface area (Å²) < 4.78 is 0. The number of aryl methyl sites for hydroxylation is 1. The van der Waals surface area contributed by atoms with E-state index in [1.807, 2.05) is 6.92 Å². The minimum Gasteiger partial charge on any atom is -0.478 e. The van der Waals surface area contributed by atoms with Crippen molar-refractivity contribution in [3.63, 3.8) is 0 Å². The molecule has 1 heterocycles. The maximum absolute atomic E-state index is 11.0. The molecule has 0 saturated heterocycles. The zero-order valence-corrected chi connectivity index (χ0v) is 10.3. The van der Waals surface area contributed by atoms with Crippen molar-refractivity contribution in [2.45, 2.75) is 6.92 Å². The Morgan fingerprint density at radius 1 is 1.47 bits per heavy atom. The molecule has 0 bridgehead atoms. The van der Waals surface area contributed by atoms with Crippen LogP contribution in [0.15, 0.2) is 18.2 Å². The van der Waals surface area contributed by atoms with Crippen molar-refractivity contribution in [3.05, 3.63) is 33.8 Å². The fourth-order valence-corrected chi connectivity index (χ4v) is 2.04. The van der Waals surface area contributed by atoms with Gasteiger partial charge in [-0.25, -0.2) is 4.79 Å². The van der Waals surface area contributed by atoms with Crippen LogP contribution >= 0.6 is 22.9 Å². The van der Waals surface area contributed by atoms with Crippen LogP contribution in [-0.4, -0.2) is 21.3 Å². The lowest BCUT2D eigenvalue weighted by molar-refractivity contribution is 0.0698. The average Bonchev–Trinajstić information content (AvgIpc) is 2.66. The van der Waals surface area contributed by atoms with Gasteiger partial charge >= 0.3 is 5.97 Å². The third kappa shape index (κ3) is 2.72. The van der Waals surface area contributed by atoms with Crippen LogP contribution in [0.25, 0.3) is 0 Å². The second-order valence-electron chi connectivity index (χ2n) is 3.25. The molecular formula is C10H8ClN3O2S. The highest BCUT2D eigenvalue weighted by Crippen LogP contribution is 2.25. The van der Waals surface area contributed by atoms with Crippen LogP contribution in [0.2, 0.25) is 5.02 Å². The number of rotatable bonds is 3. The van der Waals surface area contributed by atoms with Crippen molar-refractivity contribution < 1.29 is 9.90 Å². The van der Waals surface area contributed by atoms with Gasteiger partial charge in [0.15, 0.2) is 0 Å². The number of hydrogen-bond acceptors (Lipinski definition) is 5. The van der Waals surface area contributed by atoms with E-state index in [0.29, 0.717) is 15.8 Å². The molecule has 1 aromatic carbocycles. The summed E-state index contributed by atoms with van der Waals surface area (Å²) in [5.74, 6) is -1.05. The van der Waals surface area contributed by atoms with Gasteiger partial charge in [0.25, 0.3) is 0 Å². The second-order valence-corrected chi connectivity index (χ2v) is 4.86. The summed E-state index contributed by atoms with van der Waals surface area (Å²) in [5, 5.41) is 21.4. The first-order valence-corrected chi connectivity index (χ1v) is 5.85. The summed E-state index contributed by atoms with van der Waals surface area (Å²) in [5.41, 5.74) is 0.545. The van der Waals surface area contributed by atoms with Crippen LogP contribution in [0, 0.1) is 6.92 Å². The molecule has 2 N–H and O–H groups in total. The molecule has 0 spiro atoms. The molecule has 5 nitrogen and oxygen atoms in total. The third-order valence-electron chi connectivity index (χ3n) is 1.98. The Morgan fingerprint density at radius 2 is 2.24 bits per heavy atom. The van der Waals surface area contributed by atoms with E-state index in [0.717, 1.165) is 5.01 Å². The average molecular weight is 270 g/mol. The van der Waals surface area contributed by atoms with Crippen LogP contribution in [0.1, 0.15) is 15.4 Å². The highest BCUT2D eigenvalue weighted by atomic mass is 35.5. The molecule has 0 amide bonds. The Hall–Kier alpha value is -1.66. The molecule has 0 radical (unpaired) electrons. The number of nitrogens with one attached hydrogen (secondary N) is 1. The lowest BCUT2D eigenvalue weighted by Gasteiger charge is -2.06. The number of nitrogens with zero attached hydrogens (tertiary/aromatic N) is 2. The fourth-order valence-electron chi connectivity index (χ4n) is 1.26. The molecule has 0 aliphatic carbocycles. The van der Waals surface area contributed by atoms with Crippen molar-refractivity contribution in [1.29, 1.82) is 0 Å². The van der Waals surface area contributed by atoms with Gasteiger partial charge in [0.1, 0.15) is 5.01 Å². The van der Waals surface area contributed by atoms with E-state index in [1.54, 1.807) is 12.1 Å². The number of aromatic carboxylic acids is 1. The van der Waals surface area contributed by atoms with Gasteiger partial charge in [-0.05, 0) is 25.1 Å². The number of carboxylic acids is 1. The summed E-state index contributed by atoms with van der Waals surface area (Å²) >= 11 is 7.10. The molecule has 17 heavy (non-hydrogen) atoms. The highest BCUT2D eigenvalue weighted by Gasteiger charge is 2.12. The number of benzene rings is 1. The zero-order chi connectivity index (χ0) is 12.4. The van der Waals surface area contributed by atoms with E-state index >= 15 is 0 Å². The Bertz CT molecular complexity index is 570. The highest BCUT2D eigenvalue weighted by molar-refractivity contribution is 7.15. The van der Waals surface area contributed by atoms with Gasteiger partial charge in [0.05, 0.1) is 11.3 Å². The predicted molar refractivity (Wildman–Crippen MR) is 66.3 cm³/mol. The molecule has 0 saturated carbocycles. The minimum atomic E-state index is -1.05. The molecule has 2 aromatic rings. The van der Waals surface area contributed by atoms with Crippen LogP contribution in [0.5, 0.6) is 0 Å². The Balaban J connectivity index is 2.35. The van der Waals surface area contributed by atoms with E-state index in [1.165, 1.54) is 17.4 Å². The van der Waals surface area contributed by atoms with E-state index in [4.69, 9.17) is 16.7 Å². The topological polar surface area (TPSA) is 75.1 Å². The number of aromatic nitrogens is 2. The summed E-state index contributed by atoms with van der Waals surface area (Å²) in [6.45, 7) is 1.82. The van der Waals surface area contributed by atoms with Gasteiger partial charge < -0.3 is 10.4 Å². The van der Waals surface area contributed by atoms with Crippen LogP contribution in [0.4, 0.5) is 10.8 Å². The number of hydrogen-bond donors (Lipinski definition) is 2. The summed E-state index contributed by atoms with van der Waals surface area (Å²) in [7, 11) is 0. The van der Waals surface area contributed by atoms with Gasteiger partial charge in [-0.15, -0.1) is 10.2 Å². The zero-order valence-electron chi connectivity index (χ0n) is 8.77. The first kappa shape index (κ1) is 11.8. The minimum absolute atomic E-state index is 0.102. The van der Waals surface area contributed by atoms with Gasteiger partial charge in [0, 0.05) is 5.02 Å². The van der Waals surface area contributed by atoms with Crippen molar-refractivity contribution in [2.24, 2.45) is 0 Å². The van der Waals surface area contributed by atoms with Gasteiger partial charge in [-0.2, -0.15) is 0 Å². The van der Waals surface area contributed by atoms with Crippen LogP contribution < -0.4 is 5.32 Å². The quantitative estimate of drug-likeness (QED) is 0.896. The van der Waals surface area contributed by atoms with E-state index in [-0.39, 0.29) is 5.56 Å². The number of carbonyl (C=O) groups is 1. The standard InChI is InChI=1S/C10H8ClN3O2S/c1-5-13-14-10(17-5)12-8-3-2-6(11)4-7(8)9(15)16/h2-4H,1H3,(H,12,14)(H,15,16). The van der Waals surface area contributed by atoms with Gasteiger partial charge in [-0.1, -0.05) is 22.9 Å². The predicted octanol–water partition coefficient (Wildman–Crippen LogP) is 2.94. The summed E-state index contributed by atoms with van der Waals surface area (Å²) in [6, 6.07) is 4.60. The Kier molecular flexibility index (Phi) is 3.26. The molecule has 1 aromatic heterocycles. The maximum atomic E-state index is 11.0. The van der Waals surface area contributed by atoms with Crippen molar-refractivity contribution in [1.82, 2.24) is 10.2 Å². The van der Waals surface area contributed by atoms with E-state index in [2.05, 4.69) is 15.5 Å². The molecule has 2 rings (SSSR count). The third-order valence-corrected chi connectivity index (χ3v) is 2.97. The number of halogens is 1. The van der Waals surface area contributed by atoms with E-state index < -0.39 is 5.97 Å². The molecule has 0 unspecified atom stereocenters. The second kappa shape index (κ2) is 4.68. The summed E-state index contributed by atoms with van der Waals surface area (Å²) in [6.07, 6.45) is 0. The number of anilines is 2. The lowest BCUT2D eigenvalue weighted by atomic mass is 10.2. The molecule has 88 valence electrons. The van der Waals surface area contributed by atoms with Gasteiger partial charge in [0.2, 0.25) is 5.13 Å². The molecule has 0 aliphatic heterocycles. The van der Waals surface area contributed by atoms with Crippen molar-refractivity contribution in [2.75, 3.05) is 5.32 Å².